The number of nitrogens with zero attached hydrogens (tertiary/aromatic N) is 1. The molecule has 4 rings (SSSR count). The topological polar surface area (TPSA) is 128 Å². The Labute approximate surface area is 243 Å². The number of hydrogen-bond acceptors (Lipinski definition) is 8. The molecule has 1 N–H and O–H groups in total. The second-order valence-electron chi connectivity index (χ2n) is 9.06. The maximum atomic E-state index is 13.8. The van der Waals surface area contributed by atoms with Gasteiger partial charge >= 0.3 is 11.9 Å². The van der Waals surface area contributed by atoms with E-state index in [0.29, 0.717) is 11.5 Å². The van der Waals surface area contributed by atoms with Crippen molar-refractivity contribution in [2.75, 3.05) is 30.4 Å². The van der Waals surface area contributed by atoms with E-state index in [0.717, 1.165) is 9.87 Å². The molecule has 10 nitrogen and oxygen atoms in total. The van der Waals surface area contributed by atoms with Crippen LogP contribution < -0.4 is 14.4 Å². The molecule has 4 aromatic carbocycles. The van der Waals surface area contributed by atoms with Gasteiger partial charge in [0.15, 0.2) is 0 Å². The quantitative estimate of drug-likeness (QED) is 0.251. The van der Waals surface area contributed by atoms with Gasteiger partial charge in [0.2, 0.25) is 5.91 Å². The molecule has 0 aliphatic rings. The number of ether oxygens (including phenoxy) is 3. The van der Waals surface area contributed by atoms with Gasteiger partial charge in [0.1, 0.15) is 18.0 Å². The fraction of sp³-hybridized carbons (Fsp3) is 0.129. The molecule has 0 heterocycles. The van der Waals surface area contributed by atoms with Gasteiger partial charge in [-0.2, -0.15) is 0 Å². The maximum Gasteiger partial charge on any atom is 0.337 e. The Morgan fingerprint density at radius 1 is 0.738 bits per heavy atom. The highest BCUT2D eigenvalue weighted by atomic mass is 32.2. The Morgan fingerprint density at radius 2 is 1.29 bits per heavy atom. The summed E-state index contributed by atoms with van der Waals surface area (Å²) in [6.45, 7) is 1.21. The smallest absolute Gasteiger partial charge is 0.337 e. The highest BCUT2D eigenvalue weighted by Gasteiger charge is 2.28. The summed E-state index contributed by atoms with van der Waals surface area (Å²) in [5.41, 5.74) is 1.14. The Kier molecular flexibility index (Phi) is 9.23. The standard InChI is InChI=1S/C31H28N2O8S/c1-21-9-15-28(16-10-21)42(37,38)33(25-11-13-27(14-12-25)41-26-7-5-4-6-8-26)20-29(34)32-24-18-22(30(35)39-2)17-23(19-24)31(36)40-3/h4-19H,20H2,1-3H3,(H,32,34). The van der Waals surface area contributed by atoms with Gasteiger partial charge in [0.05, 0.1) is 35.9 Å². The molecule has 0 fully saturated rings. The minimum absolute atomic E-state index is 0.00571. The van der Waals surface area contributed by atoms with Crippen LogP contribution in [0.2, 0.25) is 0 Å². The van der Waals surface area contributed by atoms with Crippen LogP contribution in [0, 0.1) is 6.92 Å². The third-order valence-corrected chi connectivity index (χ3v) is 7.85. The number of aryl methyl sites for hydroxylation is 1. The summed E-state index contributed by atoms with van der Waals surface area (Å²) in [4.78, 5) is 37.6. The van der Waals surface area contributed by atoms with Crippen LogP contribution in [0.4, 0.5) is 11.4 Å². The van der Waals surface area contributed by atoms with Crippen molar-refractivity contribution in [2.45, 2.75) is 11.8 Å². The number of sulfonamides is 1. The number of anilines is 2. The Morgan fingerprint density at radius 3 is 1.83 bits per heavy atom. The number of methoxy groups -OCH3 is 2. The zero-order valence-corrected chi connectivity index (χ0v) is 23.9. The van der Waals surface area contributed by atoms with Crippen molar-refractivity contribution in [1.29, 1.82) is 0 Å². The number of nitrogens with one attached hydrogen (secondary N) is 1. The SMILES string of the molecule is COC(=O)c1cc(NC(=O)CN(c2ccc(Oc3ccccc3)cc2)S(=O)(=O)c2ccc(C)cc2)cc(C(=O)OC)c1. The monoisotopic (exact) mass is 588 g/mol. The van der Waals surface area contributed by atoms with Crippen LogP contribution in [0.15, 0.2) is 102 Å². The molecule has 0 spiro atoms. The fourth-order valence-electron chi connectivity index (χ4n) is 3.96. The molecule has 4 aromatic rings. The number of hydrogen-bond donors (Lipinski definition) is 1. The van der Waals surface area contributed by atoms with Gasteiger partial charge in [-0.15, -0.1) is 0 Å². The summed E-state index contributed by atoms with van der Waals surface area (Å²) in [6, 6.07) is 25.5. The van der Waals surface area contributed by atoms with Gasteiger partial charge in [-0.3, -0.25) is 9.10 Å². The number of esters is 2. The molecule has 0 aliphatic carbocycles. The molecule has 0 bridgehead atoms. The van der Waals surface area contributed by atoms with Crippen LogP contribution in [0.5, 0.6) is 11.5 Å². The summed E-state index contributed by atoms with van der Waals surface area (Å²) in [7, 11) is -1.85. The predicted molar refractivity (Wildman–Crippen MR) is 156 cm³/mol. The molecule has 11 heteroatoms. The van der Waals surface area contributed by atoms with E-state index in [9.17, 15) is 22.8 Å². The minimum atomic E-state index is -4.20. The average molecular weight is 589 g/mol. The Bertz CT molecular complexity index is 1650. The second kappa shape index (κ2) is 13.0. The van der Waals surface area contributed by atoms with E-state index in [-0.39, 0.29) is 27.4 Å². The predicted octanol–water partition coefficient (Wildman–Crippen LogP) is 5.19. The van der Waals surface area contributed by atoms with Crippen LogP contribution in [0.25, 0.3) is 0 Å². The minimum Gasteiger partial charge on any atom is -0.465 e. The Hall–Kier alpha value is -5.16. The van der Waals surface area contributed by atoms with Crippen molar-refractivity contribution in [3.63, 3.8) is 0 Å². The number of carbonyl (C=O) groups excluding carboxylic acids is 3. The van der Waals surface area contributed by atoms with E-state index in [1.807, 2.05) is 25.1 Å². The lowest BCUT2D eigenvalue weighted by Gasteiger charge is -2.24. The molecule has 0 atom stereocenters. The first kappa shape index (κ1) is 29.8. The first-order valence-corrected chi connectivity index (χ1v) is 14.1. The van der Waals surface area contributed by atoms with Crippen molar-refractivity contribution in [3.05, 3.63) is 114 Å². The summed E-state index contributed by atoms with van der Waals surface area (Å²) >= 11 is 0. The molecular formula is C31H28N2O8S. The molecule has 0 aromatic heterocycles. The zero-order chi connectivity index (χ0) is 30.3. The van der Waals surface area contributed by atoms with Crippen LogP contribution in [-0.2, 0) is 24.3 Å². The van der Waals surface area contributed by atoms with Crippen LogP contribution >= 0.6 is 0 Å². The van der Waals surface area contributed by atoms with Gasteiger partial charge in [-0.05, 0) is 73.7 Å². The molecular weight excluding hydrogens is 560 g/mol. The summed E-state index contributed by atoms with van der Waals surface area (Å²) in [5.74, 6) is -1.13. The lowest BCUT2D eigenvalue weighted by molar-refractivity contribution is -0.114. The molecule has 42 heavy (non-hydrogen) atoms. The fourth-order valence-corrected chi connectivity index (χ4v) is 5.38. The molecule has 216 valence electrons. The third kappa shape index (κ3) is 7.12. The van der Waals surface area contributed by atoms with Gasteiger partial charge in [-0.25, -0.2) is 18.0 Å². The molecule has 0 radical (unpaired) electrons. The van der Waals surface area contributed by atoms with Crippen LogP contribution in [0.3, 0.4) is 0 Å². The van der Waals surface area contributed by atoms with E-state index in [4.69, 9.17) is 14.2 Å². The van der Waals surface area contributed by atoms with Crippen molar-refractivity contribution < 1.29 is 37.0 Å². The number of para-hydroxylation sites is 1. The van der Waals surface area contributed by atoms with Crippen molar-refractivity contribution >= 4 is 39.2 Å². The molecule has 0 unspecified atom stereocenters. The van der Waals surface area contributed by atoms with Crippen molar-refractivity contribution in [2.24, 2.45) is 0 Å². The summed E-state index contributed by atoms with van der Waals surface area (Å²) < 4.78 is 43.8. The maximum absolute atomic E-state index is 13.8. The highest BCUT2D eigenvalue weighted by Crippen LogP contribution is 2.28. The van der Waals surface area contributed by atoms with E-state index >= 15 is 0 Å². The second-order valence-corrected chi connectivity index (χ2v) is 10.9. The summed E-state index contributed by atoms with van der Waals surface area (Å²) in [6.07, 6.45) is 0. The van der Waals surface area contributed by atoms with Crippen LogP contribution in [-0.4, -0.2) is 47.0 Å². The van der Waals surface area contributed by atoms with Gasteiger partial charge in [0.25, 0.3) is 10.0 Å². The lowest BCUT2D eigenvalue weighted by atomic mass is 10.1. The van der Waals surface area contributed by atoms with Gasteiger partial charge in [0, 0.05) is 5.69 Å². The van der Waals surface area contributed by atoms with Crippen LogP contribution in [0.1, 0.15) is 26.3 Å². The normalized spacial score (nSPS) is 10.8. The number of carbonyl (C=O) groups is 3. The zero-order valence-electron chi connectivity index (χ0n) is 23.1. The van der Waals surface area contributed by atoms with E-state index in [1.165, 1.54) is 56.7 Å². The van der Waals surface area contributed by atoms with Crippen molar-refractivity contribution in [3.8, 4) is 11.5 Å². The van der Waals surface area contributed by atoms with E-state index in [2.05, 4.69) is 5.32 Å². The average Bonchev–Trinajstić information content (AvgIpc) is 3.00. The molecule has 0 saturated carbocycles. The molecule has 1 amide bonds. The molecule has 0 saturated heterocycles. The summed E-state index contributed by atoms with van der Waals surface area (Å²) in [5, 5.41) is 2.57. The van der Waals surface area contributed by atoms with Crippen molar-refractivity contribution in [1.82, 2.24) is 0 Å². The van der Waals surface area contributed by atoms with Gasteiger partial charge in [-0.1, -0.05) is 35.9 Å². The number of rotatable bonds is 10. The first-order chi connectivity index (χ1) is 20.1. The molecule has 0 aliphatic heterocycles. The third-order valence-electron chi connectivity index (χ3n) is 6.06. The van der Waals surface area contributed by atoms with Gasteiger partial charge < -0.3 is 19.5 Å². The largest absolute Gasteiger partial charge is 0.465 e. The van der Waals surface area contributed by atoms with E-state index in [1.54, 1.807) is 36.4 Å². The Balaban J connectivity index is 1.66. The lowest BCUT2D eigenvalue weighted by Crippen LogP contribution is -2.38. The van der Waals surface area contributed by atoms with E-state index < -0.39 is 34.4 Å². The highest BCUT2D eigenvalue weighted by molar-refractivity contribution is 7.92. The number of amides is 1. The first-order valence-electron chi connectivity index (χ1n) is 12.6. The number of benzene rings is 4.